The number of halogens is 1. The predicted octanol–water partition coefficient (Wildman–Crippen LogP) is 1.12. The van der Waals surface area contributed by atoms with Gasteiger partial charge in [0.05, 0.1) is 11.5 Å². The van der Waals surface area contributed by atoms with Gasteiger partial charge in [0, 0.05) is 32.8 Å². The molecule has 1 aromatic carbocycles. The number of methoxy groups -OCH3 is 1. The molecule has 1 aliphatic rings. The summed E-state index contributed by atoms with van der Waals surface area (Å²) in [5, 5.41) is 3.19. The molecule has 8 heteroatoms. The molecule has 126 valence electrons. The van der Waals surface area contributed by atoms with Crippen molar-refractivity contribution in [3.63, 3.8) is 0 Å². The van der Waals surface area contributed by atoms with Gasteiger partial charge in [-0.25, -0.2) is 8.42 Å². The van der Waals surface area contributed by atoms with Crippen LogP contribution >= 0.6 is 12.4 Å². The van der Waals surface area contributed by atoms with E-state index >= 15 is 0 Å². The fraction of sp³-hybridized carbons (Fsp3) is 0.571. The third-order valence-electron chi connectivity index (χ3n) is 3.43. The van der Waals surface area contributed by atoms with Gasteiger partial charge in [0.2, 0.25) is 10.0 Å². The molecule has 0 radical (unpaired) electrons. The average molecular weight is 351 g/mol. The monoisotopic (exact) mass is 350 g/mol. The van der Waals surface area contributed by atoms with Crippen molar-refractivity contribution in [2.45, 2.75) is 17.9 Å². The number of rotatable bonds is 6. The Morgan fingerprint density at radius 2 is 1.95 bits per heavy atom. The summed E-state index contributed by atoms with van der Waals surface area (Å²) >= 11 is 0. The minimum Gasteiger partial charge on any atom is -0.491 e. The van der Waals surface area contributed by atoms with Crippen molar-refractivity contribution in [1.82, 2.24) is 9.62 Å². The normalized spacial score (nSPS) is 19.5. The molecule has 0 aromatic heterocycles. The maximum absolute atomic E-state index is 12.6. The topological polar surface area (TPSA) is 67.9 Å². The van der Waals surface area contributed by atoms with Gasteiger partial charge >= 0.3 is 0 Å². The molecule has 1 unspecified atom stereocenters. The van der Waals surface area contributed by atoms with Crippen LogP contribution in [0.15, 0.2) is 29.2 Å². The second-order valence-electron chi connectivity index (χ2n) is 4.98. The highest BCUT2D eigenvalue weighted by atomic mass is 35.5. The van der Waals surface area contributed by atoms with Crippen LogP contribution in [0.3, 0.4) is 0 Å². The zero-order chi connectivity index (χ0) is 15.3. The van der Waals surface area contributed by atoms with Crippen molar-refractivity contribution in [3.05, 3.63) is 24.3 Å². The molecule has 1 N–H and O–H groups in total. The molecule has 2 rings (SSSR count). The summed E-state index contributed by atoms with van der Waals surface area (Å²) in [5.74, 6) is 0.638. The van der Waals surface area contributed by atoms with Gasteiger partial charge in [0.15, 0.2) is 0 Å². The number of ether oxygens (including phenoxy) is 2. The van der Waals surface area contributed by atoms with E-state index in [1.807, 2.05) is 6.92 Å². The second-order valence-corrected chi connectivity index (χ2v) is 6.87. The Labute approximate surface area is 138 Å². The largest absolute Gasteiger partial charge is 0.491 e. The van der Waals surface area contributed by atoms with Crippen LogP contribution in [0.25, 0.3) is 0 Å². The van der Waals surface area contributed by atoms with Gasteiger partial charge in [0.25, 0.3) is 0 Å². The van der Waals surface area contributed by atoms with E-state index < -0.39 is 10.0 Å². The van der Waals surface area contributed by atoms with E-state index in [1.165, 1.54) is 0 Å². The Morgan fingerprint density at radius 3 is 2.55 bits per heavy atom. The van der Waals surface area contributed by atoms with Gasteiger partial charge in [-0.1, -0.05) is 0 Å². The van der Waals surface area contributed by atoms with Gasteiger partial charge in [-0.2, -0.15) is 4.31 Å². The predicted molar refractivity (Wildman–Crippen MR) is 87.3 cm³/mol. The quantitative estimate of drug-likeness (QED) is 0.779. The van der Waals surface area contributed by atoms with Crippen molar-refractivity contribution in [3.8, 4) is 5.75 Å². The number of benzene rings is 1. The van der Waals surface area contributed by atoms with E-state index in [9.17, 15) is 8.42 Å². The van der Waals surface area contributed by atoms with Gasteiger partial charge in [-0.15, -0.1) is 12.4 Å². The first kappa shape index (κ1) is 19.2. The van der Waals surface area contributed by atoms with E-state index in [-0.39, 0.29) is 18.4 Å². The Bertz CT molecular complexity index is 550. The lowest BCUT2D eigenvalue weighted by Gasteiger charge is -2.32. The van der Waals surface area contributed by atoms with E-state index in [4.69, 9.17) is 9.47 Å². The molecule has 1 aliphatic heterocycles. The smallest absolute Gasteiger partial charge is 0.243 e. The second kappa shape index (κ2) is 8.69. The molecule has 0 aliphatic carbocycles. The maximum atomic E-state index is 12.6. The lowest BCUT2D eigenvalue weighted by atomic mass is 10.3. The molecule has 0 spiro atoms. The standard InChI is InChI=1S/C14H22N2O4S.ClH/c1-12-11-15-7-8-16(12)21(17,18)14-5-3-13(4-6-14)20-10-9-19-2;/h3-6,12,15H,7-11H2,1-2H3;1H. The minimum absolute atomic E-state index is 0. The Balaban J connectivity index is 0.00000242. The Kier molecular flexibility index (Phi) is 7.58. The van der Waals surface area contributed by atoms with Crippen molar-refractivity contribution >= 4 is 22.4 Å². The summed E-state index contributed by atoms with van der Waals surface area (Å²) in [4.78, 5) is 0.301. The van der Waals surface area contributed by atoms with Crippen LogP contribution in [0.4, 0.5) is 0 Å². The molecule has 0 amide bonds. The van der Waals surface area contributed by atoms with Crippen molar-refractivity contribution < 1.29 is 17.9 Å². The van der Waals surface area contributed by atoms with E-state index in [0.717, 1.165) is 0 Å². The van der Waals surface area contributed by atoms with Crippen LogP contribution in [0, 0.1) is 0 Å². The molecule has 1 saturated heterocycles. The summed E-state index contributed by atoms with van der Waals surface area (Å²) in [5.41, 5.74) is 0. The van der Waals surface area contributed by atoms with Crippen LogP contribution < -0.4 is 10.1 Å². The SMILES string of the molecule is COCCOc1ccc(S(=O)(=O)N2CCNCC2C)cc1.Cl. The average Bonchev–Trinajstić information content (AvgIpc) is 2.48. The zero-order valence-corrected chi connectivity index (χ0v) is 14.5. The molecule has 22 heavy (non-hydrogen) atoms. The van der Waals surface area contributed by atoms with Crippen LogP contribution in [0.1, 0.15) is 6.92 Å². The number of nitrogens with zero attached hydrogens (tertiary/aromatic N) is 1. The number of nitrogens with one attached hydrogen (secondary N) is 1. The molecule has 0 saturated carbocycles. The van der Waals surface area contributed by atoms with Gasteiger partial charge in [0.1, 0.15) is 12.4 Å². The zero-order valence-electron chi connectivity index (χ0n) is 12.8. The number of sulfonamides is 1. The minimum atomic E-state index is -3.44. The highest BCUT2D eigenvalue weighted by Gasteiger charge is 2.30. The third-order valence-corrected chi connectivity index (χ3v) is 5.45. The Morgan fingerprint density at radius 1 is 1.27 bits per heavy atom. The van der Waals surface area contributed by atoms with E-state index in [2.05, 4.69) is 5.32 Å². The molecular formula is C14H23ClN2O4S. The lowest BCUT2D eigenvalue weighted by molar-refractivity contribution is 0.146. The molecule has 6 nitrogen and oxygen atoms in total. The molecule has 0 bridgehead atoms. The number of piperazine rings is 1. The van der Waals surface area contributed by atoms with Gasteiger partial charge in [-0.05, 0) is 31.2 Å². The lowest BCUT2D eigenvalue weighted by Crippen LogP contribution is -2.52. The highest BCUT2D eigenvalue weighted by Crippen LogP contribution is 2.21. The summed E-state index contributed by atoms with van der Waals surface area (Å²) in [7, 11) is -1.84. The number of hydrogen-bond donors (Lipinski definition) is 1. The van der Waals surface area contributed by atoms with Crippen LogP contribution in [0.2, 0.25) is 0 Å². The van der Waals surface area contributed by atoms with Crippen LogP contribution in [0.5, 0.6) is 5.75 Å². The van der Waals surface area contributed by atoms with Crippen LogP contribution in [-0.4, -0.2) is 58.7 Å². The van der Waals surface area contributed by atoms with E-state index in [0.29, 0.717) is 43.5 Å². The van der Waals surface area contributed by atoms with Crippen molar-refractivity contribution in [2.75, 3.05) is 40.0 Å². The maximum Gasteiger partial charge on any atom is 0.243 e. The van der Waals surface area contributed by atoms with E-state index in [1.54, 1.807) is 35.7 Å². The summed E-state index contributed by atoms with van der Waals surface area (Å²) in [6.07, 6.45) is 0. The molecular weight excluding hydrogens is 328 g/mol. The highest BCUT2D eigenvalue weighted by molar-refractivity contribution is 7.89. The van der Waals surface area contributed by atoms with Crippen molar-refractivity contribution in [1.29, 1.82) is 0 Å². The summed E-state index contributed by atoms with van der Waals surface area (Å²) < 4.78 is 37.1. The molecule has 1 heterocycles. The summed E-state index contributed by atoms with van der Waals surface area (Å²) in [6, 6.07) is 6.49. The third kappa shape index (κ3) is 4.57. The Hall–Kier alpha value is -0.860. The van der Waals surface area contributed by atoms with Gasteiger partial charge < -0.3 is 14.8 Å². The fourth-order valence-corrected chi connectivity index (χ4v) is 3.90. The first-order valence-corrected chi connectivity index (χ1v) is 8.44. The molecule has 1 atom stereocenters. The first-order chi connectivity index (χ1) is 10.1. The number of hydrogen-bond acceptors (Lipinski definition) is 5. The summed E-state index contributed by atoms with van der Waals surface area (Å²) in [6.45, 7) is 4.70. The molecule has 1 aromatic rings. The first-order valence-electron chi connectivity index (χ1n) is 7.00. The van der Waals surface area contributed by atoms with Gasteiger partial charge in [-0.3, -0.25) is 0 Å². The van der Waals surface area contributed by atoms with Crippen molar-refractivity contribution in [2.24, 2.45) is 0 Å². The van der Waals surface area contributed by atoms with Crippen LogP contribution in [-0.2, 0) is 14.8 Å². The fourth-order valence-electron chi connectivity index (χ4n) is 2.27. The molecule has 1 fully saturated rings.